The Morgan fingerprint density at radius 1 is 1.03 bits per heavy atom. The molecule has 2 heterocycles. The Labute approximate surface area is 208 Å². The molecule has 0 radical (unpaired) electrons. The maximum atomic E-state index is 12.6. The van der Waals surface area contributed by atoms with Crippen molar-refractivity contribution < 1.29 is 9.59 Å². The Kier molecular flexibility index (Phi) is 7.74. The molecule has 0 saturated carbocycles. The van der Waals surface area contributed by atoms with E-state index < -0.39 is 0 Å². The zero-order chi connectivity index (χ0) is 24.1. The zero-order valence-corrected chi connectivity index (χ0v) is 20.8. The van der Waals surface area contributed by atoms with E-state index in [2.05, 4.69) is 40.3 Å². The molecule has 0 unspecified atom stereocenters. The van der Waals surface area contributed by atoms with Gasteiger partial charge in [0, 0.05) is 42.6 Å². The van der Waals surface area contributed by atoms with Gasteiger partial charge in [0.15, 0.2) is 5.16 Å². The average Bonchev–Trinajstić information content (AvgIpc) is 3.32. The molecule has 4 rings (SSSR count). The van der Waals surface area contributed by atoms with Crippen LogP contribution in [0, 0.1) is 13.8 Å². The van der Waals surface area contributed by atoms with Crippen LogP contribution in [0.25, 0.3) is 5.69 Å². The van der Waals surface area contributed by atoms with Gasteiger partial charge < -0.3 is 15.1 Å². The number of aromatic nitrogens is 3. The SMILES string of the molecule is Cc1ccc(-n2cnnc2SCC(=O)NCC(=O)N2CCN(c3cccc(Cl)c3)CC2)cc1C. The summed E-state index contributed by atoms with van der Waals surface area (Å²) >= 11 is 7.37. The lowest BCUT2D eigenvalue weighted by molar-refractivity contribution is -0.132. The van der Waals surface area contributed by atoms with Crippen molar-refractivity contribution >= 4 is 40.9 Å². The van der Waals surface area contributed by atoms with E-state index in [0.29, 0.717) is 23.3 Å². The number of carbonyl (C=O) groups is 2. The second kappa shape index (κ2) is 10.9. The highest BCUT2D eigenvalue weighted by Gasteiger charge is 2.22. The monoisotopic (exact) mass is 498 g/mol. The number of hydrogen-bond donors (Lipinski definition) is 1. The first-order valence-corrected chi connectivity index (χ1v) is 12.4. The first-order valence-electron chi connectivity index (χ1n) is 11.1. The minimum Gasteiger partial charge on any atom is -0.368 e. The number of thioether (sulfide) groups is 1. The average molecular weight is 499 g/mol. The van der Waals surface area contributed by atoms with Crippen LogP contribution < -0.4 is 10.2 Å². The molecular weight excluding hydrogens is 472 g/mol. The fraction of sp³-hybridized carbons (Fsp3) is 0.333. The Morgan fingerprint density at radius 2 is 1.82 bits per heavy atom. The van der Waals surface area contributed by atoms with Crippen LogP contribution in [-0.2, 0) is 9.59 Å². The molecule has 0 aliphatic carbocycles. The van der Waals surface area contributed by atoms with Crippen molar-refractivity contribution in [3.8, 4) is 5.69 Å². The number of halogens is 1. The first-order chi connectivity index (χ1) is 16.4. The fourth-order valence-electron chi connectivity index (χ4n) is 3.73. The zero-order valence-electron chi connectivity index (χ0n) is 19.2. The van der Waals surface area contributed by atoms with Crippen molar-refractivity contribution in [1.82, 2.24) is 25.0 Å². The first kappa shape index (κ1) is 24.1. The van der Waals surface area contributed by atoms with E-state index in [4.69, 9.17) is 11.6 Å². The summed E-state index contributed by atoms with van der Waals surface area (Å²) in [6.07, 6.45) is 1.64. The molecule has 1 N–H and O–H groups in total. The normalized spacial score (nSPS) is 13.7. The van der Waals surface area contributed by atoms with E-state index in [1.807, 2.05) is 41.0 Å². The van der Waals surface area contributed by atoms with Gasteiger partial charge in [-0.1, -0.05) is 35.5 Å². The molecular formula is C24H27ClN6O2S. The Balaban J connectivity index is 1.22. The van der Waals surface area contributed by atoms with E-state index in [9.17, 15) is 9.59 Å². The van der Waals surface area contributed by atoms with Crippen molar-refractivity contribution in [3.05, 3.63) is 64.9 Å². The maximum absolute atomic E-state index is 12.6. The number of amides is 2. The van der Waals surface area contributed by atoms with E-state index in [0.717, 1.165) is 24.5 Å². The maximum Gasteiger partial charge on any atom is 0.242 e. The summed E-state index contributed by atoms with van der Waals surface area (Å²) in [5.41, 5.74) is 4.38. The summed E-state index contributed by atoms with van der Waals surface area (Å²) in [6.45, 7) is 6.77. The predicted molar refractivity (Wildman–Crippen MR) is 135 cm³/mol. The van der Waals surface area contributed by atoms with Gasteiger partial charge in [-0.15, -0.1) is 10.2 Å². The van der Waals surface area contributed by atoms with Gasteiger partial charge >= 0.3 is 0 Å². The summed E-state index contributed by atoms with van der Waals surface area (Å²) in [4.78, 5) is 28.9. The van der Waals surface area contributed by atoms with Crippen LogP contribution in [0.2, 0.25) is 5.02 Å². The summed E-state index contributed by atoms with van der Waals surface area (Å²) in [6, 6.07) is 13.8. The highest BCUT2D eigenvalue weighted by atomic mass is 35.5. The lowest BCUT2D eigenvalue weighted by Gasteiger charge is -2.36. The molecule has 1 aliphatic heterocycles. The lowest BCUT2D eigenvalue weighted by atomic mass is 10.1. The van der Waals surface area contributed by atoms with Gasteiger partial charge in [0.2, 0.25) is 11.8 Å². The third kappa shape index (κ3) is 5.90. The highest BCUT2D eigenvalue weighted by molar-refractivity contribution is 7.99. The van der Waals surface area contributed by atoms with Crippen LogP contribution in [0.15, 0.2) is 53.9 Å². The van der Waals surface area contributed by atoms with Crippen LogP contribution in [0.3, 0.4) is 0 Å². The molecule has 0 spiro atoms. The molecule has 0 atom stereocenters. The number of hydrogen-bond acceptors (Lipinski definition) is 6. The molecule has 2 aromatic carbocycles. The van der Waals surface area contributed by atoms with E-state index in [1.165, 1.54) is 22.9 Å². The van der Waals surface area contributed by atoms with E-state index >= 15 is 0 Å². The molecule has 8 nitrogen and oxygen atoms in total. The smallest absolute Gasteiger partial charge is 0.242 e. The van der Waals surface area contributed by atoms with Gasteiger partial charge in [0.25, 0.3) is 0 Å². The molecule has 10 heteroatoms. The number of rotatable bonds is 7. The fourth-order valence-corrected chi connectivity index (χ4v) is 4.67. The molecule has 34 heavy (non-hydrogen) atoms. The number of carbonyl (C=O) groups excluding carboxylic acids is 2. The molecule has 1 aliphatic rings. The van der Waals surface area contributed by atoms with Crippen LogP contribution >= 0.6 is 23.4 Å². The molecule has 3 aromatic rings. The van der Waals surface area contributed by atoms with Gasteiger partial charge in [-0.3, -0.25) is 14.2 Å². The van der Waals surface area contributed by atoms with Crippen molar-refractivity contribution in [2.75, 3.05) is 43.4 Å². The second-order valence-electron chi connectivity index (χ2n) is 8.17. The summed E-state index contributed by atoms with van der Waals surface area (Å²) < 4.78 is 1.86. The molecule has 178 valence electrons. The van der Waals surface area contributed by atoms with Gasteiger partial charge in [-0.05, 0) is 55.3 Å². The van der Waals surface area contributed by atoms with E-state index in [-0.39, 0.29) is 24.1 Å². The Morgan fingerprint density at radius 3 is 2.56 bits per heavy atom. The Hall–Kier alpha value is -3.04. The number of nitrogens with zero attached hydrogens (tertiary/aromatic N) is 5. The molecule has 2 amide bonds. The lowest BCUT2D eigenvalue weighted by Crippen LogP contribution is -2.51. The molecule has 0 bridgehead atoms. The van der Waals surface area contributed by atoms with Crippen LogP contribution in [0.4, 0.5) is 5.69 Å². The minimum absolute atomic E-state index is 0.0135. The van der Waals surface area contributed by atoms with E-state index in [1.54, 1.807) is 11.2 Å². The van der Waals surface area contributed by atoms with Crippen LogP contribution in [-0.4, -0.2) is 70.0 Å². The van der Waals surface area contributed by atoms with Gasteiger partial charge in [0.1, 0.15) is 6.33 Å². The molecule has 1 fully saturated rings. The number of benzene rings is 2. The summed E-state index contributed by atoms with van der Waals surface area (Å²) in [5, 5.41) is 12.2. The van der Waals surface area contributed by atoms with Gasteiger partial charge in [-0.25, -0.2) is 0 Å². The van der Waals surface area contributed by atoms with Crippen molar-refractivity contribution in [3.63, 3.8) is 0 Å². The summed E-state index contributed by atoms with van der Waals surface area (Å²) in [5.74, 6) is -0.146. The minimum atomic E-state index is -0.217. The van der Waals surface area contributed by atoms with Crippen molar-refractivity contribution in [2.24, 2.45) is 0 Å². The van der Waals surface area contributed by atoms with Gasteiger partial charge in [0.05, 0.1) is 12.3 Å². The Bertz CT molecular complexity index is 1180. The van der Waals surface area contributed by atoms with Crippen molar-refractivity contribution in [1.29, 1.82) is 0 Å². The van der Waals surface area contributed by atoms with Crippen LogP contribution in [0.1, 0.15) is 11.1 Å². The van der Waals surface area contributed by atoms with Gasteiger partial charge in [-0.2, -0.15) is 0 Å². The van der Waals surface area contributed by atoms with Crippen LogP contribution in [0.5, 0.6) is 0 Å². The number of nitrogens with one attached hydrogen (secondary N) is 1. The summed E-state index contributed by atoms with van der Waals surface area (Å²) in [7, 11) is 0. The molecule has 1 saturated heterocycles. The number of aryl methyl sites for hydroxylation is 2. The standard InChI is InChI=1S/C24H27ClN6O2S/c1-17-6-7-21(12-18(17)2)31-16-27-28-24(31)34-15-22(32)26-14-23(33)30-10-8-29(9-11-30)20-5-3-4-19(25)13-20/h3-7,12-13,16H,8-11,14-15H2,1-2H3,(H,26,32). The second-order valence-corrected chi connectivity index (χ2v) is 9.54. The topological polar surface area (TPSA) is 83.4 Å². The number of piperazine rings is 1. The largest absolute Gasteiger partial charge is 0.368 e. The quantitative estimate of drug-likeness (QED) is 0.504. The highest BCUT2D eigenvalue weighted by Crippen LogP contribution is 2.22. The third-order valence-corrected chi connectivity index (χ3v) is 7.04. The molecule has 1 aromatic heterocycles. The predicted octanol–water partition coefficient (Wildman–Crippen LogP) is 3.09. The van der Waals surface area contributed by atoms with Crippen molar-refractivity contribution in [2.45, 2.75) is 19.0 Å². The number of anilines is 1. The third-order valence-electron chi connectivity index (χ3n) is 5.86.